The van der Waals surface area contributed by atoms with E-state index >= 15 is 0 Å². The van der Waals surface area contributed by atoms with Crippen LogP contribution in [0.2, 0.25) is 0 Å². The number of amides is 1. The van der Waals surface area contributed by atoms with E-state index in [0.29, 0.717) is 11.8 Å². The first kappa shape index (κ1) is 14.4. The molecule has 0 unspecified atom stereocenters. The molecule has 4 rings (SSSR count). The molecule has 2 aliphatic rings. The highest BCUT2D eigenvalue weighted by atomic mass is 16.2. The predicted molar refractivity (Wildman–Crippen MR) is 86.7 cm³/mol. The van der Waals surface area contributed by atoms with Gasteiger partial charge in [-0.3, -0.25) is 14.5 Å². The maximum atomic E-state index is 13.0. The van der Waals surface area contributed by atoms with Crippen molar-refractivity contribution < 1.29 is 4.79 Å². The fourth-order valence-electron chi connectivity index (χ4n) is 3.75. The molecule has 5 nitrogen and oxygen atoms in total. The van der Waals surface area contributed by atoms with Crippen LogP contribution in [0.1, 0.15) is 37.2 Å². The molecule has 1 aliphatic carbocycles. The summed E-state index contributed by atoms with van der Waals surface area (Å²) in [5.41, 5.74) is 1.20. The van der Waals surface area contributed by atoms with Gasteiger partial charge in [-0.2, -0.15) is 5.10 Å². The topological polar surface area (TPSA) is 51.0 Å². The number of carbonyl (C=O) groups is 1. The predicted octanol–water partition coefficient (Wildman–Crippen LogP) is 2.46. The van der Waals surface area contributed by atoms with E-state index < -0.39 is 0 Å². The van der Waals surface area contributed by atoms with E-state index in [1.807, 2.05) is 29.2 Å². The van der Waals surface area contributed by atoms with Crippen LogP contribution >= 0.6 is 0 Å². The first-order valence-corrected chi connectivity index (χ1v) is 8.51. The molecule has 5 heteroatoms. The average molecular weight is 310 g/mol. The molecule has 120 valence electrons. The number of nitrogens with zero attached hydrogens (tertiary/aromatic N) is 4. The average Bonchev–Trinajstić information content (AvgIpc) is 3.25. The Hall–Kier alpha value is -2.17. The lowest BCUT2D eigenvalue weighted by Gasteiger charge is -2.36. The third-order valence-corrected chi connectivity index (χ3v) is 5.09. The van der Waals surface area contributed by atoms with E-state index in [9.17, 15) is 4.79 Å². The standard InChI is InChI=1S/C18H22N4O/c23-18(17-11-16(17)14-5-3-7-19-12-14)22-10-2-1-6-15(22)13-21-9-4-8-20-21/h3-5,7-9,12,15-17H,1-2,6,10-11,13H2/t15-,16-,17+/m0/s1. The molecule has 1 aliphatic heterocycles. The zero-order valence-corrected chi connectivity index (χ0v) is 13.2. The SMILES string of the molecule is O=C([C@@H]1C[C@H]1c1cccnc1)N1CCCC[C@H]1Cn1cccn1. The van der Waals surface area contributed by atoms with Crippen LogP contribution in [-0.4, -0.2) is 38.2 Å². The lowest BCUT2D eigenvalue weighted by atomic mass is 10.0. The van der Waals surface area contributed by atoms with Gasteiger partial charge in [-0.05, 0) is 49.3 Å². The molecule has 2 fully saturated rings. The van der Waals surface area contributed by atoms with Crippen molar-refractivity contribution in [3.05, 3.63) is 48.5 Å². The summed E-state index contributed by atoms with van der Waals surface area (Å²) in [7, 11) is 0. The molecule has 0 radical (unpaired) electrons. The fraction of sp³-hybridized carbons (Fsp3) is 0.500. The van der Waals surface area contributed by atoms with Gasteiger partial charge in [-0.15, -0.1) is 0 Å². The third-order valence-electron chi connectivity index (χ3n) is 5.09. The van der Waals surface area contributed by atoms with E-state index in [0.717, 1.165) is 32.4 Å². The number of piperidine rings is 1. The van der Waals surface area contributed by atoms with Crippen molar-refractivity contribution in [2.24, 2.45) is 5.92 Å². The van der Waals surface area contributed by atoms with Gasteiger partial charge in [0.1, 0.15) is 0 Å². The summed E-state index contributed by atoms with van der Waals surface area (Å²) in [6.07, 6.45) is 11.8. The smallest absolute Gasteiger partial charge is 0.226 e. The van der Waals surface area contributed by atoms with Gasteiger partial charge >= 0.3 is 0 Å². The molecule has 1 amide bonds. The van der Waals surface area contributed by atoms with Crippen LogP contribution in [0.5, 0.6) is 0 Å². The number of hydrogen-bond donors (Lipinski definition) is 0. The Morgan fingerprint density at radius 3 is 3.00 bits per heavy atom. The number of pyridine rings is 1. The summed E-state index contributed by atoms with van der Waals surface area (Å²) >= 11 is 0. The highest BCUT2D eigenvalue weighted by Crippen LogP contribution is 2.48. The van der Waals surface area contributed by atoms with Gasteiger partial charge in [-0.1, -0.05) is 6.07 Å². The van der Waals surface area contributed by atoms with Crippen LogP contribution in [0.4, 0.5) is 0 Å². The van der Waals surface area contributed by atoms with E-state index in [4.69, 9.17) is 0 Å². The van der Waals surface area contributed by atoms with Crippen LogP contribution in [-0.2, 0) is 11.3 Å². The third kappa shape index (κ3) is 3.00. The Balaban J connectivity index is 1.44. The fourth-order valence-corrected chi connectivity index (χ4v) is 3.75. The minimum Gasteiger partial charge on any atom is -0.338 e. The van der Waals surface area contributed by atoms with Crippen LogP contribution in [0.15, 0.2) is 43.0 Å². The Bertz CT molecular complexity index is 655. The second-order valence-corrected chi connectivity index (χ2v) is 6.64. The van der Waals surface area contributed by atoms with Gasteiger partial charge in [0.15, 0.2) is 0 Å². The Labute approximate surface area is 136 Å². The first-order chi connectivity index (χ1) is 11.3. The molecule has 0 bridgehead atoms. The van der Waals surface area contributed by atoms with Crippen molar-refractivity contribution >= 4 is 5.91 Å². The molecule has 23 heavy (non-hydrogen) atoms. The molecule has 0 N–H and O–H groups in total. The molecular weight excluding hydrogens is 288 g/mol. The molecule has 2 aromatic heterocycles. The van der Waals surface area contributed by atoms with Gasteiger partial charge in [0, 0.05) is 37.3 Å². The Morgan fingerprint density at radius 2 is 2.22 bits per heavy atom. The largest absolute Gasteiger partial charge is 0.338 e. The van der Waals surface area contributed by atoms with Crippen molar-refractivity contribution in [3.8, 4) is 0 Å². The number of hydrogen-bond acceptors (Lipinski definition) is 3. The normalized spacial score (nSPS) is 27.0. The van der Waals surface area contributed by atoms with Crippen LogP contribution in [0.25, 0.3) is 0 Å². The number of rotatable bonds is 4. The summed E-state index contributed by atoms with van der Waals surface area (Å²) in [6, 6.07) is 6.26. The minimum absolute atomic E-state index is 0.150. The second-order valence-electron chi connectivity index (χ2n) is 6.64. The summed E-state index contributed by atoms with van der Waals surface area (Å²) in [6.45, 7) is 1.70. The summed E-state index contributed by atoms with van der Waals surface area (Å²) in [5.74, 6) is 0.844. The highest BCUT2D eigenvalue weighted by Gasteiger charge is 2.47. The van der Waals surface area contributed by atoms with Crippen molar-refractivity contribution in [1.82, 2.24) is 19.7 Å². The Kier molecular flexibility index (Phi) is 3.85. The first-order valence-electron chi connectivity index (χ1n) is 8.51. The Morgan fingerprint density at radius 1 is 1.26 bits per heavy atom. The van der Waals surface area contributed by atoms with E-state index in [-0.39, 0.29) is 12.0 Å². The van der Waals surface area contributed by atoms with E-state index in [2.05, 4.69) is 21.0 Å². The number of aromatic nitrogens is 3. The van der Waals surface area contributed by atoms with Crippen LogP contribution in [0, 0.1) is 5.92 Å². The van der Waals surface area contributed by atoms with Gasteiger partial charge in [0.05, 0.1) is 12.6 Å². The highest BCUT2D eigenvalue weighted by molar-refractivity contribution is 5.83. The van der Waals surface area contributed by atoms with E-state index in [1.165, 1.54) is 12.0 Å². The van der Waals surface area contributed by atoms with Crippen LogP contribution in [0.3, 0.4) is 0 Å². The van der Waals surface area contributed by atoms with Gasteiger partial charge in [-0.25, -0.2) is 0 Å². The molecule has 1 saturated heterocycles. The maximum absolute atomic E-state index is 13.0. The molecule has 3 atom stereocenters. The lowest BCUT2D eigenvalue weighted by Crippen LogP contribution is -2.46. The van der Waals surface area contributed by atoms with Crippen molar-refractivity contribution in [1.29, 1.82) is 0 Å². The summed E-state index contributed by atoms with van der Waals surface area (Å²) < 4.78 is 1.95. The van der Waals surface area contributed by atoms with Crippen LogP contribution < -0.4 is 0 Å². The van der Waals surface area contributed by atoms with Gasteiger partial charge in [0.25, 0.3) is 0 Å². The summed E-state index contributed by atoms with van der Waals surface area (Å²) in [5, 5.41) is 4.30. The minimum atomic E-state index is 0.150. The molecule has 0 spiro atoms. The zero-order chi connectivity index (χ0) is 15.6. The van der Waals surface area contributed by atoms with Gasteiger partial charge < -0.3 is 4.90 Å². The lowest BCUT2D eigenvalue weighted by molar-refractivity contribution is -0.136. The molecule has 0 aromatic carbocycles. The molecule has 1 saturated carbocycles. The molecule has 3 heterocycles. The molecule has 2 aromatic rings. The van der Waals surface area contributed by atoms with Gasteiger partial charge in [0.2, 0.25) is 5.91 Å². The quantitative estimate of drug-likeness (QED) is 0.871. The van der Waals surface area contributed by atoms with Crippen molar-refractivity contribution in [3.63, 3.8) is 0 Å². The number of carbonyl (C=O) groups excluding carboxylic acids is 1. The second kappa shape index (κ2) is 6.14. The van der Waals surface area contributed by atoms with Crippen molar-refractivity contribution in [2.45, 2.75) is 44.2 Å². The van der Waals surface area contributed by atoms with Crippen molar-refractivity contribution in [2.75, 3.05) is 6.54 Å². The summed E-state index contributed by atoms with van der Waals surface area (Å²) in [4.78, 5) is 19.3. The van der Waals surface area contributed by atoms with E-state index in [1.54, 1.807) is 12.4 Å². The number of likely N-dealkylation sites (tertiary alicyclic amines) is 1. The zero-order valence-electron chi connectivity index (χ0n) is 13.2. The monoisotopic (exact) mass is 310 g/mol. The molecular formula is C18H22N4O. The maximum Gasteiger partial charge on any atom is 0.226 e.